The summed E-state index contributed by atoms with van der Waals surface area (Å²) in [4.78, 5) is 37.5. The Labute approximate surface area is 161 Å². The molecule has 1 aromatic carbocycles. The van der Waals surface area contributed by atoms with Gasteiger partial charge in [-0.05, 0) is 54.9 Å². The molecule has 27 heavy (non-hydrogen) atoms. The van der Waals surface area contributed by atoms with Crippen LogP contribution in [0.15, 0.2) is 12.1 Å². The Morgan fingerprint density at radius 2 is 1.74 bits per heavy atom. The van der Waals surface area contributed by atoms with Crippen LogP contribution < -0.4 is 5.32 Å². The average Bonchev–Trinajstić information content (AvgIpc) is 2.77. The maximum atomic E-state index is 12.4. The maximum absolute atomic E-state index is 12.4. The zero-order chi connectivity index (χ0) is 20.6. The molecular formula is C21H30N2O4. The van der Waals surface area contributed by atoms with Crippen LogP contribution in [0, 0.1) is 13.8 Å². The van der Waals surface area contributed by atoms with Crippen LogP contribution in [0.5, 0.6) is 0 Å². The number of esters is 1. The Morgan fingerprint density at radius 1 is 1.19 bits per heavy atom. The molecule has 1 aromatic rings. The van der Waals surface area contributed by atoms with Gasteiger partial charge in [-0.3, -0.25) is 14.5 Å². The van der Waals surface area contributed by atoms with Crippen molar-refractivity contribution in [2.45, 2.75) is 72.4 Å². The van der Waals surface area contributed by atoms with Gasteiger partial charge in [-0.1, -0.05) is 39.8 Å². The highest BCUT2D eigenvalue weighted by molar-refractivity contribution is 6.08. The minimum atomic E-state index is -0.951. The second-order valence-corrected chi connectivity index (χ2v) is 8.51. The summed E-state index contributed by atoms with van der Waals surface area (Å²) in [6.45, 7) is 13.7. The van der Waals surface area contributed by atoms with E-state index >= 15 is 0 Å². The van der Waals surface area contributed by atoms with Crippen LogP contribution in [-0.2, 0) is 26.3 Å². The van der Waals surface area contributed by atoms with Crippen LogP contribution in [-0.4, -0.2) is 34.9 Å². The average molecular weight is 374 g/mol. The molecule has 1 N–H and O–H groups in total. The molecule has 6 nitrogen and oxygen atoms in total. The number of carbonyl (C=O) groups excluding carboxylic acids is 3. The number of hydrogen-bond donors (Lipinski definition) is 1. The highest BCUT2D eigenvalue weighted by Gasteiger charge is 2.47. The van der Waals surface area contributed by atoms with E-state index in [0.29, 0.717) is 6.42 Å². The Bertz CT molecular complexity index is 756. The van der Waals surface area contributed by atoms with E-state index in [-0.39, 0.29) is 18.6 Å². The number of ether oxygens (including phenoxy) is 1. The molecule has 1 atom stereocenters. The number of nitrogens with zero attached hydrogens (tertiary/aromatic N) is 1. The Morgan fingerprint density at radius 3 is 2.19 bits per heavy atom. The normalized spacial score (nSPS) is 20.0. The third-order valence-corrected chi connectivity index (χ3v) is 5.28. The van der Waals surface area contributed by atoms with E-state index in [2.05, 4.69) is 38.2 Å². The van der Waals surface area contributed by atoms with Crippen molar-refractivity contribution in [1.82, 2.24) is 10.2 Å². The van der Waals surface area contributed by atoms with Crippen LogP contribution in [0.4, 0.5) is 4.79 Å². The second kappa shape index (κ2) is 7.33. The SMILES string of the molecule is CCC1(C)NC(=O)N(CC(=O)OCc2c(C)cc(C(C)(C)C)cc2C)C1=O. The fourth-order valence-electron chi connectivity index (χ4n) is 3.11. The van der Waals surface area contributed by atoms with Gasteiger partial charge in [-0.25, -0.2) is 4.79 Å². The molecule has 148 valence electrons. The summed E-state index contributed by atoms with van der Waals surface area (Å²) in [6.07, 6.45) is 0.460. The molecule has 1 saturated heterocycles. The molecule has 1 aliphatic rings. The number of benzene rings is 1. The predicted octanol–water partition coefficient (Wildman–Crippen LogP) is 3.36. The lowest BCUT2D eigenvalue weighted by Gasteiger charge is -2.22. The lowest BCUT2D eigenvalue weighted by atomic mass is 9.84. The maximum Gasteiger partial charge on any atom is 0.326 e. The summed E-state index contributed by atoms with van der Waals surface area (Å²) in [6, 6.07) is 3.67. The number of nitrogens with one attached hydrogen (secondary N) is 1. The summed E-state index contributed by atoms with van der Waals surface area (Å²) < 4.78 is 5.36. The van der Waals surface area contributed by atoms with Gasteiger partial charge in [0, 0.05) is 0 Å². The summed E-state index contributed by atoms with van der Waals surface area (Å²) in [5.74, 6) is -0.994. The van der Waals surface area contributed by atoms with Crippen LogP contribution in [0.3, 0.4) is 0 Å². The van der Waals surface area contributed by atoms with E-state index in [0.717, 1.165) is 21.6 Å². The Hall–Kier alpha value is -2.37. The molecule has 0 aromatic heterocycles. The van der Waals surface area contributed by atoms with Gasteiger partial charge in [0.15, 0.2) is 0 Å². The van der Waals surface area contributed by atoms with Gasteiger partial charge >= 0.3 is 12.0 Å². The highest BCUT2D eigenvalue weighted by atomic mass is 16.5. The van der Waals surface area contributed by atoms with Crippen LogP contribution >= 0.6 is 0 Å². The number of aryl methyl sites for hydroxylation is 2. The van der Waals surface area contributed by atoms with E-state index in [1.807, 2.05) is 20.8 Å². The second-order valence-electron chi connectivity index (χ2n) is 8.51. The smallest absolute Gasteiger partial charge is 0.326 e. The molecule has 0 bridgehead atoms. The van der Waals surface area contributed by atoms with E-state index in [4.69, 9.17) is 4.74 Å². The molecule has 0 saturated carbocycles. The molecule has 0 aliphatic carbocycles. The number of rotatable bonds is 5. The van der Waals surface area contributed by atoms with E-state index < -0.39 is 23.4 Å². The van der Waals surface area contributed by atoms with Gasteiger partial charge in [0.05, 0.1) is 0 Å². The van der Waals surface area contributed by atoms with E-state index in [9.17, 15) is 14.4 Å². The monoisotopic (exact) mass is 374 g/mol. The molecular weight excluding hydrogens is 344 g/mol. The summed E-state index contributed by atoms with van der Waals surface area (Å²) >= 11 is 0. The first kappa shape index (κ1) is 20.9. The molecule has 6 heteroatoms. The van der Waals surface area contributed by atoms with Gasteiger partial charge in [-0.15, -0.1) is 0 Å². The quantitative estimate of drug-likeness (QED) is 0.633. The number of amides is 3. The number of carbonyl (C=O) groups is 3. The summed E-state index contributed by atoms with van der Waals surface area (Å²) in [5, 5.41) is 2.63. The topological polar surface area (TPSA) is 75.7 Å². The van der Waals surface area contributed by atoms with Crippen molar-refractivity contribution in [2.75, 3.05) is 6.54 Å². The molecule has 1 heterocycles. The minimum Gasteiger partial charge on any atom is -0.459 e. The van der Waals surface area contributed by atoms with Crippen LogP contribution in [0.25, 0.3) is 0 Å². The summed E-state index contributed by atoms with van der Waals surface area (Å²) in [7, 11) is 0. The minimum absolute atomic E-state index is 0.0418. The lowest BCUT2D eigenvalue weighted by Crippen LogP contribution is -2.43. The first-order valence-electron chi connectivity index (χ1n) is 9.29. The molecule has 0 spiro atoms. The molecule has 2 rings (SSSR count). The number of hydrogen-bond acceptors (Lipinski definition) is 4. The van der Waals surface area contributed by atoms with Crippen molar-refractivity contribution in [2.24, 2.45) is 0 Å². The third kappa shape index (κ3) is 4.31. The first-order valence-corrected chi connectivity index (χ1v) is 9.29. The lowest BCUT2D eigenvalue weighted by molar-refractivity contribution is -0.148. The predicted molar refractivity (Wildman–Crippen MR) is 103 cm³/mol. The fourth-order valence-corrected chi connectivity index (χ4v) is 3.11. The zero-order valence-corrected chi connectivity index (χ0v) is 17.4. The van der Waals surface area contributed by atoms with Gasteiger partial charge in [0.2, 0.25) is 0 Å². The number of urea groups is 1. The van der Waals surface area contributed by atoms with Gasteiger partial charge in [0.1, 0.15) is 18.7 Å². The molecule has 0 radical (unpaired) electrons. The Kier molecular flexibility index (Phi) is 5.68. The van der Waals surface area contributed by atoms with E-state index in [1.165, 1.54) is 5.56 Å². The zero-order valence-electron chi connectivity index (χ0n) is 17.4. The first-order chi connectivity index (χ1) is 12.4. The molecule has 3 amide bonds. The highest BCUT2D eigenvalue weighted by Crippen LogP contribution is 2.27. The number of imide groups is 1. The molecule has 1 aliphatic heterocycles. The summed E-state index contributed by atoms with van der Waals surface area (Å²) in [5.41, 5.74) is 3.38. The molecule has 1 fully saturated rings. The van der Waals surface area contributed by atoms with Crippen molar-refractivity contribution < 1.29 is 19.1 Å². The van der Waals surface area contributed by atoms with Crippen molar-refractivity contribution in [3.05, 3.63) is 34.4 Å². The van der Waals surface area contributed by atoms with Crippen LogP contribution in [0.2, 0.25) is 0 Å². The standard InChI is InChI=1S/C21H30N2O4/c1-8-21(7)18(25)23(19(26)22-21)11-17(24)27-12-16-13(2)9-15(10-14(16)3)20(4,5)6/h9-10H,8,11-12H2,1-7H3,(H,22,26). The van der Waals surface area contributed by atoms with E-state index in [1.54, 1.807) is 6.92 Å². The van der Waals surface area contributed by atoms with Crippen LogP contribution in [0.1, 0.15) is 63.3 Å². The Balaban J connectivity index is 2.05. The van der Waals surface area contributed by atoms with Crippen molar-refractivity contribution >= 4 is 17.9 Å². The van der Waals surface area contributed by atoms with Gasteiger partial charge < -0.3 is 10.1 Å². The van der Waals surface area contributed by atoms with Gasteiger partial charge in [0.25, 0.3) is 5.91 Å². The largest absolute Gasteiger partial charge is 0.459 e. The fraction of sp³-hybridized carbons (Fsp3) is 0.571. The van der Waals surface area contributed by atoms with Crippen molar-refractivity contribution in [3.63, 3.8) is 0 Å². The third-order valence-electron chi connectivity index (χ3n) is 5.28. The van der Waals surface area contributed by atoms with Gasteiger partial charge in [-0.2, -0.15) is 0 Å². The molecule has 1 unspecified atom stereocenters. The van der Waals surface area contributed by atoms with Crippen molar-refractivity contribution in [1.29, 1.82) is 0 Å². The van der Waals surface area contributed by atoms with Crippen molar-refractivity contribution in [3.8, 4) is 0 Å².